The van der Waals surface area contributed by atoms with Crippen LogP contribution in [0.5, 0.6) is 0 Å². The van der Waals surface area contributed by atoms with E-state index in [1.165, 1.54) is 403 Å². The van der Waals surface area contributed by atoms with Crippen LogP contribution >= 0.6 is 35.3 Å². The second kappa shape index (κ2) is 104. The SMILES string of the molecule is C.C1=CCCC1.C1=CNCCC1.C1=CSC=CN1.C1=NCCC1.C1=NCCO1.C1CCC1.C1CCC1.C1CCCC1.C1CCCCCC1.C1CCCCCC1.C1CCCOCC1.C1CCNC1.C1CCNCC1.C1CCNCC1.C1CCOC1.C1CCSC1.C1COCCN1.C1CSCCN1.O=C1CCCC1.O=S1(=O)CCCC1.O=S1(=O)CCNCC1. The summed E-state index contributed by atoms with van der Waals surface area (Å²) in [6.07, 6.45) is 93.2. The van der Waals surface area contributed by atoms with Gasteiger partial charge in [0.15, 0.2) is 16.2 Å². The van der Waals surface area contributed by atoms with E-state index in [9.17, 15) is 21.6 Å². The van der Waals surface area contributed by atoms with Crippen LogP contribution in [0.15, 0.2) is 57.6 Å². The highest BCUT2D eigenvalue weighted by atomic mass is 32.2. The Kier molecular flexibility index (Phi) is 103. The molecule has 16 fully saturated rings. The minimum atomic E-state index is -2.65. The highest BCUT2D eigenvalue weighted by molar-refractivity contribution is 8.04. The van der Waals surface area contributed by atoms with Crippen molar-refractivity contribution in [2.24, 2.45) is 9.98 Å². The number of morpholine rings is 1. The van der Waals surface area contributed by atoms with Gasteiger partial charge in [-0.2, -0.15) is 23.5 Å². The lowest BCUT2D eigenvalue weighted by molar-refractivity contribution is -0.117. The summed E-state index contributed by atoms with van der Waals surface area (Å²) in [4.78, 5) is 17.9. The lowest BCUT2D eigenvalue weighted by Gasteiger charge is -2.10. The summed E-state index contributed by atoms with van der Waals surface area (Å²) in [5.41, 5.74) is 0. The summed E-state index contributed by atoms with van der Waals surface area (Å²) in [6, 6.07) is 0. The molecule has 7 aliphatic carbocycles. The topological polar surface area (TPSA) is 243 Å². The van der Waals surface area contributed by atoms with E-state index in [1.807, 2.05) is 47.4 Å². The van der Waals surface area contributed by atoms with Gasteiger partial charge < -0.3 is 61.5 Å². The molecule has 14 aliphatic heterocycles. The van der Waals surface area contributed by atoms with Crippen LogP contribution in [0.2, 0.25) is 0 Å². The number of hydrogen-bond acceptors (Lipinski definition) is 22. The molecule has 0 spiro atoms. The van der Waals surface area contributed by atoms with Gasteiger partial charge in [0.2, 0.25) is 0 Å². The van der Waals surface area contributed by atoms with Crippen LogP contribution < -0.4 is 42.5 Å². The van der Waals surface area contributed by atoms with Gasteiger partial charge in [0.1, 0.15) is 22.2 Å². The average molecular weight is 1820 g/mol. The van der Waals surface area contributed by atoms with Crippen LogP contribution in [0.3, 0.4) is 0 Å². The minimum Gasteiger partial charge on any atom is -0.482 e. The fourth-order valence-electron chi connectivity index (χ4n) is 13.3. The fraction of sp³-hybridized carbons (Fsp3) is 0.888. The second-order valence-corrected chi connectivity index (χ2v) is 41.3. The zero-order valence-corrected chi connectivity index (χ0v) is 81.8. The molecule has 10 saturated heterocycles. The van der Waals surface area contributed by atoms with Gasteiger partial charge in [-0.05, 0) is 222 Å². The third-order valence-corrected chi connectivity index (χ3v) is 28.1. The number of Topliss-reactive ketones (excluding diaryl/α,β-unsaturated/α-hetero) is 1. The summed E-state index contributed by atoms with van der Waals surface area (Å²) in [5.74, 6) is 7.37. The molecule has 14 heterocycles. The number of aliphatic imine (C=N–C) groups is 2. The third kappa shape index (κ3) is 105. The Morgan fingerprint density at radius 1 is 0.287 bits per heavy atom. The highest BCUT2D eigenvalue weighted by Gasteiger charge is 2.17. The van der Waals surface area contributed by atoms with E-state index in [-0.39, 0.29) is 7.43 Å². The Bertz CT molecular complexity index is 2080. The van der Waals surface area contributed by atoms with Crippen molar-refractivity contribution in [3.63, 3.8) is 0 Å². The quantitative estimate of drug-likeness (QED) is 0.0830. The molecule has 21 rings (SSSR count). The zero-order valence-electron chi connectivity index (χ0n) is 77.7. The Balaban J connectivity index is 0.00000126. The molecule has 19 nitrogen and oxygen atoms in total. The van der Waals surface area contributed by atoms with Crippen molar-refractivity contribution in [1.82, 2.24) is 42.5 Å². The van der Waals surface area contributed by atoms with E-state index in [0.717, 1.165) is 117 Å². The molecule has 122 heavy (non-hydrogen) atoms. The molecule has 0 radical (unpaired) electrons. The average Bonchev–Trinajstić information content (AvgIpc) is 1.87. The Labute approximate surface area is 766 Å². The molecular weight excluding hydrogens is 1620 g/mol. The minimum absolute atomic E-state index is 0. The van der Waals surface area contributed by atoms with E-state index >= 15 is 0 Å². The van der Waals surface area contributed by atoms with E-state index in [2.05, 4.69) is 87.2 Å². The number of sulfone groups is 2. The molecule has 0 aromatic carbocycles. The van der Waals surface area contributed by atoms with Gasteiger partial charge in [-0.3, -0.25) is 14.8 Å². The third-order valence-electron chi connectivity index (χ3n) is 21.9. The summed E-state index contributed by atoms with van der Waals surface area (Å²) in [6.45, 7) is 22.9. The van der Waals surface area contributed by atoms with E-state index in [0.29, 0.717) is 41.9 Å². The number of ketones is 1. The normalized spacial score (nSPS) is 23.2. The van der Waals surface area contributed by atoms with Crippen molar-refractivity contribution in [2.45, 2.75) is 367 Å². The van der Waals surface area contributed by atoms with Crippen LogP contribution in [0.1, 0.15) is 367 Å². The first-order valence-electron chi connectivity index (χ1n) is 50.2. The fourth-order valence-corrected chi connectivity index (χ4v) is 18.2. The largest absolute Gasteiger partial charge is 0.482 e. The Morgan fingerprint density at radius 3 is 0.803 bits per heavy atom. The molecule has 0 aromatic rings. The second-order valence-electron chi connectivity index (χ2n) is 33.4. The summed E-state index contributed by atoms with van der Waals surface area (Å²) >= 11 is 5.78. The van der Waals surface area contributed by atoms with E-state index in [1.54, 1.807) is 11.8 Å². The Morgan fingerprint density at radius 2 is 0.648 bits per heavy atom. The van der Waals surface area contributed by atoms with Crippen LogP contribution in [-0.4, -0.2) is 226 Å². The predicted octanol–water partition coefficient (Wildman–Crippen LogP) is 22.0. The first-order chi connectivity index (χ1) is 59.8. The van der Waals surface area contributed by atoms with Crippen LogP contribution in [-0.2, 0) is 43.4 Å². The molecule has 0 unspecified atom stereocenters. The van der Waals surface area contributed by atoms with Gasteiger partial charge in [-0.25, -0.2) is 16.8 Å². The molecule has 0 aromatic heterocycles. The first-order valence-corrected chi connectivity index (χ1v) is 57.1. The van der Waals surface area contributed by atoms with E-state index < -0.39 is 19.7 Å². The number of ether oxygens (including phenoxy) is 4. The lowest BCUT2D eigenvalue weighted by Crippen LogP contribution is -2.35. The summed E-state index contributed by atoms with van der Waals surface area (Å²) < 4.78 is 61.9. The standard InChI is InChI=1S/2C7H14.C6H12O.2C5H11N.C5H9N.C5H8O.C5H10.C5H8.C4H9NO2S.C4H9NO.C4H9NS.C4H5NS.C4H9N.C4H7N.C4H8O2S.C4H8O.C4H8S.2C4H8.C3H5NO.CH4/c3*1-2-4-6-7-5-3-1;3*1-2-4-6-5-3-1;6-5-3-1-2-4-5;2*1-2-4-5-3-1;6-8(7)3-1-5-2-4-8;3*1-3-6-4-2-5-1;2*1-2-4-5-3-1;5-7(6)3-1-2-4-7;2*1-2-4-5-3-1;2*1-2-4-3-1;1-2-5-3-4-1;/h2*1-7H2;1-6H2;2*6H,1-5H2;2,4,6H,1,3,5H2;1-4H2;1-5H2;1-2H,3-5H2;5H,1-4H2;2*5H,1-4H2;1-5H;5H,1-4H2;3H,1-2,4H2;1-4H2;2*1-4H2;2*1-4H2;3H,1-2H2;1H4. The van der Waals surface area contributed by atoms with Crippen molar-refractivity contribution in [3.05, 3.63) is 47.6 Å². The summed E-state index contributed by atoms with van der Waals surface area (Å²) in [5, 5.41) is 29.2. The first kappa shape index (κ1) is 120. The number of nitrogens with zero attached hydrogens (tertiary/aromatic N) is 2. The van der Waals surface area contributed by atoms with Crippen molar-refractivity contribution < 1.29 is 40.6 Å². The number of carbonyl (C=O) groups is 1. The number of carbonyl (C=O) groups excluding carboxylic acids is 1. The molecular formula is C98H194N10O9S5. The molecule has 0 amide bonds. The van der Waals surface area contributed by atoms with Crippen LogP contribution in [0.4, 0.5) is 0 Å². The maximum Gasteiger partial charge on any atom is 0.169 e. The van der Waals surface area contributed by atoms with Gasteiger partial charge >= 0.3 is 0 Å². The molecule has 720 valence electrons. The van der Waals surface area contributed by atoms with Crippen LogP contribution in [0.25, 0.3) is 0 Å². The number of nitrogens with one attached hydrogen (secondary N) is 8. The summed E-state index contributed by atoms with van der Waals surface area (Å²) in [7, 11) is -5.19. The van der Waals surface area contributed by atoms with Gasteiger partial charge in [-0.1, -0.05) is 225 Å². The zero-order chi connectivity index (χ0) is 86.5. The van der Waals surface area contributed by atoms with Gasteiger partial charge in [0, 0.05) is 116 Å². The van der Waals surface area contributed by atoms with Crippen LogP contribution in [0, 0.1) is 0 Å². The number of piperidine rings is 2. The van der Waals surface area contributed by atoms with Crippen molar-refractivity contribution >= 4 is 73.4 Å². The lowest BCUT2D eigenvalue weighted by atomic mass is 10.0. The monoisotopic (exact) mass is 1820 g/mol. The number of hydrogen-bond donors (Lipinski definition) is 8. The molecule has 0 bridgehead atoms. The van der Waals surface area contributed by atoms with Gasteiger partial charge in [0.05, 0.1) is 42.8 Å². The van der Waals surface area contributed by atoms with Gasteiger partial charge in [0.25, 0.3) is 0 Å². The van der Waals surface area contributed by atoms with E-state index in [4.69, 9.17) is 14.2 Å². The maximum absolute atomic E-state index is 10.6. The number of rotatable bonds is 0. The van der Waals surface area contributed by atoms with Crippen molar-refractivity contribution in [1.29, 1.82) is 0 Å². The molecule has 8 N–H and O–H groups in total. The van der Waals surface area contributed by atoms with Crippen molar-refractivity contribution in [3.8, 4) is 0 Å². The number of thioether (sulfide) groups is 3. The molecule has 0 atom stereocenters. The molecule has 6 saturated carbocycles. The van der Waals surface area contributed by atoms with Crippen molar-refractivity contribution in [2.75, 3.05) is 190 Å². The predicted molar refractivity (Wildman–Crippen MR) is 540 cm³/mol. The Hall–Kier alpha value is -2.04. The molecule has 24 heteroatoms. The maximum atomic E-state index is 10.6. The highest BCUT2D eigenvalue weighted by Crippen LogP contribution is 2.20. The number of allylic oxidation sites excluding steroid dienone is 3. The molecule has 21 aliphatic rings. The van der Waals surface area contributed by atoms with Gasteiger partial charge in [-0.15, -0.1) is 11.8 Å². The smallest absolute Gasteiger partial charge is 0.169 e.